The van der Waals surface area contributed by atoms with Crippen LogP contribution in [0.3, 0.4) is 0 Å². The number of pyridine rings is 1. The van der Waals surface area contributed by atoms with Gasteiger partial charge in [-0.15, -0.1) is 0 Å². The highest BCUT2D eigenvalue weighted by molar-refractivity contribution is 6.04. The van der Waals surface area contributed by atoms with E-state index in [2.05, 4.69) is 48.5 Å². The van der Waals surface area contributed by atoms with E-state index in [-0.39, 0.29) is 0 Å². The fourth-order valence-corrected chi connectivity index (χ4v) is 3.59. The first-order valence-electron chi connectivity index (χ1n) is 8.80. The Hall–Kier alpha value is -3.90. The Kier molecular flexibility index (Phi) is 3.48. The molecule has 0 aliphatic rings. The minimum absolute atomic E-state index is 0.657. The molecule has 3 nitrogen and oxygen atoms in total. The van der Waals surface area contributed by atoms with Gasteiger partial charge in [-0.25, -0.2) is 4.52 Å². The molecule has 0 saturated heterocycles. The maximum absolute atomic E-state index is 9.07. The third-order valence-electron chi connectivity index (χ3n) is 4.90. The first-order chi connectivity index (χ1) is 13.3. The van der Waals surface area contributed by atoms with Gasteiger partial charge >= 0.3 is 0 Å². The predicted octanol–water partition coefficient (Wildman–Crippen LogP) is 5.69. The summed E-state index contributed by atoms with van der Waals surface area (Å²) in [4.78, 5) is 0. The van der Waals surface area contributed by atoms with Crippen molar-refractivity contribution in [3.63, 3.8) is 0 Å². The van der Waals surface area contributed by atoms with Crippen molar-refractivity contribution in [3.05, 3.63) is 96.7 Å². The Balaban J connectivity index is 1.86. The van der Waals surface area contributed by atoms with Crippen molar-refractivity contribution in [1.29, 1.82) is 5.26 Å². The van der Waals surface area contributed by atoms with Gasteiger partial charge in [-0.2, -0.15) is 10.4 Å². The number of nitrogens with zero attached hydrogens (tertiary/aromatic N) is 3. The van der Waals surface area contributed by atoms with Gasteiger partial charge in [-0.3, -0.25) is 0 Å². The molecule has 0 bridgehead atoms. The molecule has 0 fully saturated rings. The summed E-state index contributed by atoms with van der Waals surface area (Å²) in [5.41, 5.74) is 6.04. The van der Waals surface area contributed by atoms with Crippen molar-refractivity contribution in [2.24, 2.45) is 0 Å². The molecule has 0 unspecified atom stereocenters. The van der Waals surface area contributed by atoms with E-state index < -0.39 is 0 Å². The fraction of sp³-hybridized carbons (Fsp3) is 0. The molecule has 0 spiro atoms. The van der Waals surface area contributed by atoms with Crippen LogP contribution in [-0.2, 0) is 0 Å². The van der Waals surface area contributed by atoms with Gasteiger partial charge in [-0.1, -0.05) is 66.7 Å². The highest BCUT2D eigenvalue weighted by Crippen LogP contribution is 2.34. The van der Waals surface area contributed by atoms with E-state index in [0.717, 1.165) is 33.3 Å². The first-order valence-corrected chi connectivity index (χ1v) is 8.80. The van der Waals surface area contributed by atoms with E-state index in [9.17, 15) is 0 Å². The molecule has 5 rings (SSSR count). The third kappa shape index (κ3) is 2.47. The Bertz CT molecular complexity index is 1310. The lowest BCUT2D eigenvalue weighted by Gasteiger charge is -2.10. The molecule has 3 heteroatoms. The van der Waals surface area contributed by atoms with Crippen LogP contribution in [-0.4, -0.2) is 9.61 Å². The Morgan fingerprint density at radius 2 is 1.52 bits per heavy atom. The Morgan fingerprint density at radius 1 is 0.778 bits per heavy atom. The zero-order valence-electron chi connectivity index (χ0n) is 14.5. The topological polar surface area (TPSA) is 41.1 Å². The number of benzene rings is 3. The molecular formula is C24H15N3. The number of hydrogen-bond acceptors (Lipinski definition) is 2. The third-order valence-corrected chi connectivity index (χ3v) is 4.90. The molecule has 2 heterocycles. The lowest BCUT2D eigenvalue weighted by atomic mass is 10.0. The van der Waals surface area contributed by atoms with Crippen molar-refractivity contribution < 1.29 is 0 Å². The zero-order chi connectivity index (χ0) is 18.2. The minimum atomic E-state index is 0.657. The molecular weight excluding hydrogens is 330 g/mol. The molecule has 126 valence electrons. The number of nitriles is 1. The van der Waals surface area contributed by atoms with Crippen LogP contribution < -0.4 is 0 Å². The van der Waals surface area contributed by atoms with Crippen LogP contribution in [0.15, 0.2) is 91.1 Å². The standard InChI is InChI=1S/C24H15N3/c25-15-17-10-12-18(13-11-17)22-16-26-27-23(19-6-2-1-3-7-19)14-20-8-4-5-9-21(20)24(22)27/h1-14,16H. The predicted molar refractivity (Wildman–Crippen MR) is 108 cm³/mol. The second-order valence-electron chi connectivity index (χ2n) is 6.49. The van der Waals surface area contributed by atoms with Crippen LogP contribution in [0.1, 0.15) is 5.56 Å². The van der Waals surface area contributed by atoms with E-state index in [1.54, 1.807) is 0 Å². The summed E-state index contributed by atoms with van der Waals surface area (Å²) < 4.78 is 2.02. The summed E-state index contributed by atoms with van der Waals surface area (Å²) in [5, 5.41) is 16.1. The van der Waals surface area contributed by atoms with Crippen molar-refractivity contribution in [2.45, 2.75) is 0 Å². The molecule has 0 atom stereocenters. The van der Waals surface area contributed by atoms with E-state index in [4.69, 9.17) is 10.4 Å². The van der Waals surface area contributed by atoms with Crippen molar-refractivity contribution in [3.8, 4) is 28.5 Å². The summed E-state index contributed by atoms with van der Waals surface area (Å²) in [6.45, 7) is 0. The largest absolute Gasteiger partial charge is 0.232 e. The minimum Gasteiger partial charge on any atom is -0.232 e. The SMILES string of the molecule is N#Cc1ccc(-c2cnn3c(-c4ccccc4)cc4ccccc4c23)cc1. The number of rotatable bonds is 2. The van der Waals surface area contributed by atoms with Gasteiger partial charge in [0.25, 0.3) is 0 Å². The molecule has 0 radical (unpaired) electrons. The van der Waals surface area contributed by atoms with Gasteiger partial charge < -0.3 is 0 Å². The molecule has 5 aromatic rings. The number of fused-ring (bicyclic) bond motifs is 3. The zero-order valence-corrected chi connectivity index (χ0v) is 14.5. The van der Waals surface area contributed by atoms with Gasteiger partial charge in [0.15, 0.2) is 0 Å². The van der Waals surface area contributed by atoms with Crippen LogP contribution in [0.4, 0.5) is 0 Å². The molecule has 3 aromatic carbocycles. The lowest BCUT2D eigenvalue weighted by Crippen LogP contribution is -1.95. The average Bonchev–Trinajstić information content (AvgIpc) is 3.19. The summed E-state index contributed by atoms with van der Waals surface area (Å²) in [7, 11) is 0. The van der Waals surface area contributed by atoms with Crippen molar-refractivity contribution in [1.82, 2.24) is 9.61 Å². The number of aromatic nitrogens is 2. The maximum Gasteiger partial charge on any atom is 0.0991 e. The highest BCUT2D eigenvalue weighted by Gasteiger charge is 2.14. The van der Waals surface area contributed by atoms with E-state index in [0.29, 0.717) is 5.56 Å². The highest BCUT2D eigenvalue weighted by atomic mass is 15.2. The Morgan fingerprint density at radius 3 is 2.30 bits per heavy atom. The van der Waals surface area contributed by atoms with E-state index >= 15 is 0 Å². The van der Waals surface area contributed by atoms with Crippen LogP contribution in [0.25, 0.3) is 38.7 Å². The molecule has 0 N–H and O–H groups in total. The summed E-state index contributed by atoms with van der Waals surface area (Å²) >= 11 is 0. The molecule has 0 aliphatic heterocycles. The van der Waals surface area contributed by atoms with E-state index in [1.165, 1.54) is 5.39 Å². The van der Waals surface area contributed by atoms with Crippen molar-refractivity contribution >= 4 is 16.3 Å². The monoisotopic (exact) mass is 345 g/mol. The molecule has 0 saturated carbocycles. The van der Waals surface area contributed by atoms with Gasteiger partial charge in [0.1, 0.15) is 0 Å². The molecule has 0 amide bonds. The van der Waals surface area contributed by atoms with Gasteiger partial charge in [-0.05, 0) is 29.1 Å². The fourth-order valence-electron chi connectivity index (χ4n) is 3.59. The number of hydrogen-bond donors (Lipinski definition) is 0. The van der Waals surface area contributed by atoms with Crippen LogP contribution in [0.5, 0.6) is 0 Å². The van der Waals surface area contributed by atoms with Crippen LogP contribution in [0, 0.1) is 11.3 Å². The quantitative estimate of drug-likeness (QED) is 0.412. The molecule has 27 heavy (non-hydrogen) atoms. The average molecular weight is 345 g/mol. The van der Waals surface area contributed by atoms with Crippen LogP contribution >= 0.6 is 0 Å². The van der Waals surface area contributed by atoms with Gasteiger partial charge in [0.2, 0.25) is 0 Å². The van der Waals surface area contributed by atoms with Crippen molar-refractivity contribution in [2.75, 3.05) is 0 Å². The maximum atomic E-state index is 9.07. The van der Waals surface area contributed by atoms with Gasteiger partial charge in [0, 0.05) is 16.5 Å². The first kappa shape index (κ1) is 15.4. The Labute approximate surface area is 156 Å². The molecule has 2 aromatic heterocycles. The van der Waals surface area contributed by atoms with Gasteiger partial charge in [0.05, 0.1) is 29.0 Å². The van der Waals surface area contributed by atoms with Crippen LogP contribution in [0.2, 0.25) is 0 Å². The smallest absolute Gasteiger partial charge is 0.0991 e. The lowest BCUT2D eigenvalue weighted by molar-refractivity contribution is 0.975. The summed E-state index contributed by atoms with van der Waals surface area (Å²) in [6.07, 6.45) is 1.91. The summed E-state index contributed by atoms with van der Waals surface area (Å²) in [5.74, 6) is 0. The second kappa shape index (κ2) is 6.12. The molecule has 0 aliphatic carbocycles. The normalized spacial score (nSPS) is 10.9. The summed E-state index contributed by atoms with van der Waals surface area (Å²) in [6, 6.07) is 30.7. The second-order valence-corrected chi connectivity index (χ2v) is 6.49. The van der Waals surface area contributed by atoms with E-state index in [1.807, 2.05) is 53.2 Å².